The Morgan fingerprint density at radius 3 is 2.45 bits per heavy atom. The van der Waals surface area contributed by atoms with Crippen molar-refractivity contribution in [1.29, 1.82) is 0 Å². The molecule has 0 aromatic rings. The molecule has 2 aliphatic rings. The van der Waals surface area contributed by atoms with E-state index >= 15 is 0 Å². The molecule has 20 heavy (non-hydrogen) atoms. The molecule has 2 saturated carbocycles. The molecule has 0 heterocycles. The van der Waals surface area contributed by atoms with Crippen molar-refractivity contribution in [1.82, 2.24) is 4.90 Å². The summed E-state index contributed by atoms with van der Waals surface area (Å²) in [6.45, 7) is 4.78. The molecule has 2 rings (SSSR count). The largest absolute Gasteiger partial charge is 0.326 e. The summed E-state index contributed by atoms with van der Waals surface area (Å²) in [5, 5.41) is 0. The lowest BCUT2D eigenvalue weighted by atomic mass is 9.63. The maximum absolute atomic E-state index is 6.95. The Bertz CT molecular complexity index is 302. The monoisotopic (exact) mass is 280 g/mol. The molecule has 5 unspecified atom stereocenters. The summed E-state index contributed by atoms with van der Waals surface area (Å²) in [7, 11) is 4.53. The van der Waals surface area contributed by atoms with Crippen LogP contribution in [-0.4, -0.2) is 30.6 Å². The average molecular weight is 280 g/mol. The van der Waals surface area contributed by atoms with Crippen LogP contribution in [0.2, 0.25) is 0 Å². The summed E-state index contributed by atoms with van der Waals surface area (Å²) in [6.07, 6.45) is 12.3. The molecule has 118 valence electrons. The van der Waals surface area contributed by atoms with E-state index in [1.54, 1.807) is 0 Å². The lowest BCUT2D eigenvalue weighted by Gasteiger charge is -2.53. The third kappa shape index (κ3) is 3.06. The zero-order valence-electron chi connectivity index (χ0n) is 14.2. The summed E-state index contributed by atoms with van der Waals surface area (Å²) in [5.41, 5.74) is 7.20. The minimum absolute atomic E-state index is 0.257. The van der Waals surface area contributed by atoms with E-state index in [0.717, 1.165) is 17.8 Å². The van der Waals surface area contributed by atoms with Crippen LogP contribution in [0.25, 0.3) is 0 Å². The molecule has 5 atom stereocenters. The quantitative estimate of drug-likeness (QED) is 0.842. The van der Waals surface area contributed by atoms with Crippen molar-refractivity contribution in [3.63, 3.8) is 0 Å². The van der Waals surface area contributed by atoms with Gasteiger partial charge in [-0.2, -0.15) is 0 Å². The molecule has 0 saturated heterocycles. The van der Waals surface area contributed by atoms with Crippen molar-refractivity contribution in [2.45, 2.75) is 83.2 Å². The predicted molar refractivity (Wildman–Crippen MR) is 87.8 cm³/mol. The van der Waals surface area contributed by atoms with Gasteiger partial charge in [-0.1, -0.05) is 52.4 Å². The van der Waals surface area contributed by atoms with Gasteiger partial charge in [-0.05, 0) is 51.1 Å². The molecule has 2 fully saturated rings. The topological polar surface area (TPSA) is 29.3 Å². The van der Waals surface area contributed by atoms with Gasteiger partial charge in [0.2, 0.25) is 0 Å². The van der Waals surface area contributed by atoms with Crippen molar-refractivity contribution in [2.75, 3.05) is 14.1 Å². The highest BCUT2D eigenvalue weighted by Crippen LogP contribution is 2.44. The van der Waals surface area contributed by atoms with E-state index < -0.39 is 0 Å². The zero-order valence-corrected chi connectivity index (χ0v) is 14.2. The second-order valence-corrected chi connectivity index (χ2v) is 7.84. The molecule has 0 spiro atoms. The van der Waals surface area contributed by atoms with E-state index in [1.807, 2.05) is 0 Å². The van der Waals surface area contributed by atoms with Crippen LogP contribution in [-0.2, 0) is 0 Å². The van der Waals surface area contributed by atoms with Crippen molar-refractivity contribution < 1.29 is 0 Å². The molecule has 0 aromatic carbocycles. The average Bonchev–Trinajstić information content (AvgIpc) is 2.46. The first-order valence-electron chi connectivity index (χ1n) is 8.94. The molecule has 2 N–H and O–H groups in total. The van der Waals surface area contributed by atoms with Crippen LogP contribution in [0.1, 0.15) is 71.6 Å². The SMILES string of the molecule is CCC1CCCCC1C(N)C1(N(C)C)CCCC(C)C1. The fourth-order valence-corrected chi connectivity index (χ4v) is 5.19. The Morgan fingerprint density at radius 2 is 1.85 bits per heavy atom. The highest BCUT2D eigenvalue weighted by atomic mass is 15.2. The Hall–Kier alpha value is -0.0800. The van der Waals surface area contributed by atoms with Gasteiger partial charge in [-0.3, -0.25) is 0 Å². The predicted octanol–water partition coefficient (Wildman–Crippen LogP) is 4.04. The Balaban J connectivity index is 2.19. The van der Waals surface area contributed by atoms with Gasteiger partial charge >= 0.3 is 0 Å². The fraction of sp³-hybridized carbons (Fsp3) is 1.00. The van der Waals surface area contributed by atoms with Crippen molar-refractivity contribution in [3.05, 3.63) is 0 Å². The van der Waals surface area contributed by atoms with Gasteiger partial charge in [0.25, 0.3) is 0 Å². The smallest absolute Gasteiger partial charge is 0.0359 e. The van der Waals surface area contributed by atoms with Crippen LogP contribution in [0.15, 0.2) is 0 Å². The first kappa shape index (κ1) is 16.3. The summed E-state index contributed by atoms with van der Waals surface area (Å²) in [4.78, 5) is 2.48. The second kappa shape index (κ2) is 6.79. The summed E-state index contributed by atoms with van der Waals surface area (Å²) >= 11 is 0. The van der Waals surface area contributed by atoms with Gasteiger partial charge in [-0.15, -0.1) is 0 Å². The van der Waals surface area contributed by atoms with E-state index in [0.29, 0.717) is 6.04 Å². The molecule has 2 nitrogen and oxygen atoms in total. The number of hydrogen-bond acceptors (Lipinski definition) is 2. The second-order valence-electron chi connectivity index (χ2n) is 7.84. The number of nitrogens with zero attached hydrogens (tertiary/aromatic N) is 1. The van der Waals surface area contributed by atoms with Crippen LogP contribution in [0, 0.1) is 17.8 Å². The lowest BCUT2D eigenvalue weighted by Crippen LogP contribution is -2.63. The van der Waals surface area contributed by atoms with Gasteiger partial charge in [0.05, 0.1) is 0 Å². The molecule has 2 heteroatoms. The third-order valence-electron chi connectivity index (χ3n) is 6.47. The maximum atomic E-state index is 6.95. The molecule has 0 radical (unpaired) electrons. The first-order chi connectivity index (χ1) is 9.51. The third-order valence-corrected chi connectivity index (χ3v) is 6.47. The van der Waals surface area contributed by atoms with Crippen LogP contribution in [0.3, 0.4) is 0 Å². The highest BCUT2D eigenvalue weighted by molar-refractivity contribution is 5.04. The minimum Gasteiger partial charge on any atom is -0.326 e. The standard InChI is InChI=1S/C18H36N2/c1-5-15-10-6-7-11-16(15)17(19)18(20(3)4)12-8-9-14(2)13-18/h14-17H,5-13,19H2,1-4H3. The van der Waals surface area contributed by atoms with Gasteiger partial charge in [-0.25, -0.2) is 0 Å². The summed E-state index contributed by atoms with van der Waals surface area (Å²) in [5.74, 6) is 2.45. The molecular formula is C18H36N2. The maximum Gasteiger partial charge on any atom is 0.0359 e. The zero-order chi connectivity index (χ0) is 14.8. The Morgan fingerprint density at radius 1 is 1.15 bits per heavy atom. The van der Waals surface area contributed by atoms with Crippen molar-refractivity contribution >= 4 is 0 Å². The summed E-state index contributed by atoms with van der Waals surface area (Å²) in [6, 6.07) is 0.366. The van der Waals surface area contributed by atoms with Gasteiger partial charge in [0, 0.05) is 11.6 Å². The van der Waals surface area contributed by atoms with Crippen molar-refractivity contribution in [3.8, 4) is 0 Å². The molecule has 0 aromatic heterocycles. The lowest BCUT2D eigenvalue weighted by molar-refractivity contribution is 0.00912. The fourth-order valence-electron chi connectivity index (χ4n) is 5.19. The van der Waals surface area contributed by atoms with E-state index in [4.69, 9.17) is 5.73 Å². The Kier molecular flexibility index (Phi) is 5.53. The molecule has 2 aliphatic carbocycles. The number of nitrogens with two attached hydrogens (primary N) is 1. The Labute approximate surface area is 126 Å². The number of rotatable bonds is 4. The van der Waals surface area contributed by atoms with Crippen LogP contribution in [0.4, 0.5) is 0 Å². The highest BCUT2D eigenvalue weighted by Gasteiger charge is 2.46. The van der Waals surface area contributed by atoms with E-state index in [1.165, 1.54) is 57.8 Å². The molecule has 0 bridgehead atoms. The van der Waals surface area contributed by atoms with E-state index in [-0.39, 0.29) is 5.54 Å². The first-order valence-corrected chi connectivity index (χ1v) is 8.94. The minimum atomic E-state index is 0.257. The van der Waals surface area contributed by atoms with Gasteiger partial charge in [0.1, 0.15) is 0 Å². The van der Waals surface area contributed by atoms with Crippen LogP contribution in [0.5, 0.6) is 0 Å². The molecule has 0 amide bonds. The molecule has 0 aliphatic heterocycles. The van der Waals surface area contributed by atoms with E-state index in [9.17, 15) is 0 Å². The van der Waals surface area contributed by atoms with Gasteiger partial charge < -0.3 is 10.6 Å². The van der Waals surface area contributed by atoms with Gasteiger partial charge in [0.15, 0.2) is 0 Å². The summed E-state index contributed by atoms with van der Waals surface area (Å²) < 4.78 is 0. The number of hydrogen-bond donors (Lipinski definition) is 1. The van der Waals surface area contributed by atoms with Crippen molar-refractivity contribution in [2.24, 2.45) is 23.5 Å². The molecular weight excluding hydrogens is 244 g/mol. The van der Waals surface area contributed by atoms with Crippen LogP contribution >= 0.6 is 0 Å². The normalized spacial score (nSPS) is 40.8. The van der Waals surface area contributed by atoms with E-state index in [2.05, 4.69) is 32.8 Å². The number of likely N-dealkylation sites (N-methyl/N-ethyl adjacent to an activating group) is 1. The van der Waals surface area contributed by atoms with Crippen LogP contribution < -0.4 is 5.73 Å².